The molecule has 3 aromatic rings. The highest BCUT2D eigenvalue weighted by atomic mass is 16.2. The molecular formula is C20H24N6O. The van der Waals surface area contributed by atoms with Crippen LogP contribution in [0.15, 0.2) is 30.3 Å². The highest BCUT2D eigenvalue weighted by Gasteiger charge is 2.34. The lowest BCUT2D eigenvalue weighted by Crippen LogP contribution is -2.42. The Bertz CT molecular complexity index is 939. The molecule has 0 bridgehead atoms. The van der Waals surface area contributed by atoms with Crippen LogP contribution in [0.5, 0.6) is 0 Å². The molecule has 1 aliphatic heterocycles. The summed E-state index contributed by atoms with van der Waals surface area (Å²) in [4.78, 5) is 14.7. The Labute approximate surface area is 158 Å². The number of benzene rings is 1. The third-order valence-electron chi connectivity index (χ3n) is 5.34. The van der Waals surface area contributed by atoms with Gasteiger partial charge in [0.1, 0.15) is 11.9 Å². The lowest BCUT2D eigenvalue weighted by Gasteiger charge is -2.31. The number of amides is 1. The van der Waals surface area contributed by atoms with Crippen molar-refractivity contribution in [1.82, 2.24) is 29.9 Å². The molecule has 1 N–H and O–H groups in total. The number of carbonyl (C=O) groups excluding carboxylic acids is 1. The Balaban J connectivity index is 1.63. The summed E-state index contributed by atoms with van der Waals surface area (Å²) in [6.07, 6.45) is 2.21. The second-order valence-corrected chi connectivity index (χ2v) is 7.21. The topological polar surface area (TPSA) is 79.7 Å². The standard InChI is InChI=1S/C20H24N6O/c1-13-16(14(2)22-21-13)9-10-18-23-24-19-12-25(3)20(27)17(26(18)19)11-15-7-5-4-6-8-15/h4-8,17H,9-12H2,1-3H3,(H,21,22)/t17-/m0/s1. The van der Waals surface area contributed by atoms with Gasteiger partial charge in [0, 0.05) is 25.6 Å². The van der Waals surface area contributed by atoms with Gasteiger partial charge in [-0.1, -0.05) is 30.3 Å². The van der Waals surface area contributed by atoms with E-state index in [4.69, 9.17) is 0 Å². The monoisotopic (exact) mass is 364 g/mol. The van der Waals surface area contributed by atoms with Gasteiger partial charge in [-0.25, -0.2) is 0 Å². The molecule has 0 radical (unpaired) electrons. The zero-order valence-electron chi connectivity index (χ0n) is 15.9. The summed E-state index contributed by atoms with van der Waals surface area (Å²) < 4.78 is 2.06. The van der Waals surface area contributed by atoms with Crippen LogP contribution >= 0.6 is 0 Å². The van der Waals surface area contributed by atoms with E-state index in [1.54, 1.807) is 4.90 Å². The predicted octanol–water partition coefficient (Wildman–Crippen LogP) is 2.16. The van der Waals surface area contributed by atoms with E-state index in [-0.39, 0.29) is 11.9 Å². The number of hydrogen-bond donors (Lipinski definition) is 1. The Kier molecular flexibility index (Phi) is 4.51. The van der Waals surface area contributed by atoms with Gasteiger partial charge in [-0.05, 0) is 31.4 Å². The van der Waals surface area contributed by atoms with E-state index in [1.807, 2.05) is 39.1 Å². The van der Waals surface area contributed by atoms with E-state index in [1.165, 1.54) is 5.56 Å². The van der Waals surface area contributed by atoms with Gasteiger partial charge in [-0.2, -0.15) is 5.10 Å². The van der Waals surface area contributed by atoms with E-state index in [0.717, 1.165) is 41.4 Å². The minimum Gasteiger partial charge on any atom is -0.336 e. The molecule has 4 rings (SSSR count). The third kappa shape index (κ3) is 3.25. The van der Waals surface area contributed by atoms with Gasteiger partial charge in [0.15, 0.2) is 5.82 Å². The highest BCUT2D eigenvalue weighted by Crippen LogP contribution is 2.26. The maximum atomic E-state index is 12.9. The Hall–Kier alpha value is -2.96. The molecule has 1 aromatic carbocycles. The molecule has 7 heteroatoms. The van der Waals surface area contributed by atoms with Crippen LogP contribution in [0.1, 0.15) is 40.2 Å². The number of fused-ring (bicyclic) bond motifs is 1. The normalized spacial score (nSPS) is 16.6. The van der Waals surface area contributed by atoms with Crippen LogP contribution in [-0.4, -0.2) is 42.8 Å². The fourth-order valence-corrected chi connectivity index (χ4v) is 3.85. The first-order valence-electron chi connectivity index (χ1n) is 9.26. The van der Waals surface area contributed by atoms with Crippen molar-refractivity contribution in [3.8, 4) is 0 Å². The van der Waals surface area contributed by atoms with Crippen molar-refractivity contribution in [3.05, 3.63) is 64.5 Å². The summed E-state index contributed by atoms with van der Waals surface area (Å²) in [6.45, 7) is 4.54. The number of carbonyl (C=O) groups is 1. The number of rotatable bonds is 5. The van der Waals surface area contributed by atoms with Gasteiger partial charge in [0.25, 0.3) is 0 Å². The number of H-pyrrole nitrogens is 1. The first-order chi connectivity index (χ1) is 13.0. The molecule has 0 aliphatic carbocycles. The number of aromatic amines is 1. The van der Waals surface area contributed by atoms with Crippen molar-refractivity contribution in [1.29, 1.82) is 0 Å². The molecule has 140 valence electrons. The predicted molar refractivity (Wildman–Crippen MR) is 101 cm³/mol. The maximum absolute atomic E-state index is 12.9. The van der Waals surface area contributed by atoms with E-state index in [9.17, 15) is 4.79 Å². The van der Waals surface area contributed by atoms with Gasteiger partial charge in [-0.15, -0.1) is 10.2 Å². The average molecular weight is 364 g/mol. The molecular weight excluding hydrogens is 340 g/mol. The van der Waals surface area contributed by atoms with Crippen molar-refractivity contribution >= 4 is 5.91 Å². The van der Waals surface area contributed by atoms with Crippen LogP contribution in [-0.2, 0) is 30.6 Å². The molecule has 1 aliphatic rings. The van der Waals surface area contributed by atoms with Gasteiger partial charge in [0.05, 0.1) is 12.2 Å². The largest absolute Gasteiger partial charge is 0.336 e. The molecule has 0 spiro atoms. The van der Waals surface area contributed by atoms with E-state index in [2.05, 4.69) is 37.1 Å². The quantitative estimate of drug-likeness (QED) is 0.752. The molecule has 1 amide bonds. The van der Waals surface area contributed by atoms with Crippen molar-refractivity contribution in [2.24, 2.45) is 0 Å². The number of hydrogen-bond acceptors (Lipinski definition) is 4. The Morgan fingerprint density at radius 2 is 1.93 bits per heavy atom. The summed E-state index contributed by atoms with van der Waals surface area (Å²) in [6, 6.07) is 9.82. The second-order valence-electron chi connectivity index (χ2n) is 7.21. The van der Waals surface area contributed by atoms with E-state index >= 15 is 0 Å². The zero-order valence-corrected chi connectivity index (χ0v) is 15.9. The fraction of sp³-hybridized carbons (Fsp3) is 0.400. The van der Waals surface area contributed by atoms with E-state index < -0.39 is 0 Å². The Morgan fingerprint density at radius 1 is 1.15 bits per heavy atom. The fourth-order valence-electron chi connectivity index (χ4n) is 3.85. The highest BCUT2D eigenvalue weighted by molar-refractivity contribution is 5.81. The summed E-state index contributed by atoms with van der Waals surface area (Å²) >= 11 is 0. The van der Waals surface area contributed by atoms with Gasteiger partial charge in [0.2, 0.25) is 5.91 Å². The second kappa shape index (κ2) is 6.98. The molecule has 0 saturated heterocycles. The molecule has 3 heterocycles. The molecule has 0 fully saturated rings. The summed E-state index contributed by atoms with van der Waals surface area (Å²) in [7, 11) is 1.83. The van der Waals surface area contributed by atoms with Gasteiger partial charge in [-0.3, -0.25) is 9.89 Å². The number of aromatic nitrogens is 5. The van der Waals surface area contributed by atoms with Crippen molar-refractivity contribution < 1.29 is 4.79 Å². The number of likely N-dealkylation sites (N-methyl/N-ethyl adjacent to an activating group) is 1. The lowest BCUT2D eigenvalue weighted by atomic mass is 10.0. The first-order valence-corrected chi connectivity index (χ1v) is 9.26. The average Bonchev–Trinajstić information content (AvgIpc) is 3.21. The molecule has 0 saturated carbocycles. The summed E-state index contributed by atoms with van der Waals surface area (Å²) in [5.41, 5.74) is 4.45. The molecule has 2 aromatic heterocycles. The van der Waals surface area contributed by atoms with Crippen molar-refractivity contribution in [3.63, 3.8) is 0 Å². The van der Waals surface area contributed by atoms with E-state index in [0.29, 0.717) is 13.0 Å². The molecule has 0 unspecified atom stereocenters. The Morgan fingerprint density at radius 3 is 2.63 bits per heavy atom. The van der Waals surface area contributed by atoms with Crippen LogP contribution in [0.3, 0.4) is 0 Å². The summed E-state index contributed by atoms with van der Waals surface area (Å²) in [5.74, 6) is 1.84. The van der Waals surface area contributed by atoms with Gasteiger partial charge >= 0.3 is 0 Å². The zero-order chi connectivity index (χ0) is 19.0. The number of nitrogens with one attached hydrogen (secondary N) is 1. The minimum atomic E-state index is -0.294. The van der Waals surface area contributed by atoms with Crippen LogP contribution in [0.25, 0.3) is 0 Å². The van der Waals surface area contributed by atoms with Crippen LogP contribution in [0.2, 0.25) is 0 Å². The minimum absolute atomic E-state index is 0.114. The van der Waals surface area contributed by atoms with Crippen LogP contribution < -0.4 is 0 Å². The smallest absolute Gasteiger partial charge is 0.246 e. The van der Waals surface area contributed by atoms with Crippen LogP contribution in [0.4, 0.5) is 0 Å². The third-order valence-corrected chi connectivity index (χ3v) is 5.34. The first kappa shape index (κ1) is 17.5. The SMILES string of the molecule is Cc1n[nH]c(C)c1CCc1nnc2n1[C@@H](Cc1ccccc1)C(=O)N(C)C2. The number of nitrogens with zero attached hydrogens (tertiary/aromatic N) is 5. The molecule has 1 atom stereocenters. The maximum Gasteiger partial charge on any atom is 0.246 e. The van der Waals surface area contributed by atoms with Gasteiger partial charge < -0.3 is 9.47 Å². The van der Waals surface area contributed by atoms with Crippen molar-refractivity contribution in [2.75, 3.05) is 7.05 Å². The lowest BCUT2D eigenvalue weighted by molar-refractivity contribution is -0.136. The number of aryl methyl sites for hydroxylation is 3. The van der Waals surface area contributed by atoms with Crippen LogP contribution in [0, 0.1) is 13.8 Å². The molecule has 27 heavy (non-hydrogen) atoms. The molecule has 7 nitrogen and oxygen atoms in total. The summed E-state index contributed by atoms with van der Waals surface area (Å²) in [5, 5.41) is 16.1. The van der Waals surface area contributed by atoms with Crippen molar-refractivity contribution in [2.45, 2.75) is 45.7 Å².